The third-order valence-electron chi connectivity index (χ3n) is 4.15. The van der Waals surface area contributed by atoms with Gasteiger partial charge >= 0.3 is 0 Å². The van der Waals surface area contributed by atoms with Crippen LogP contribution in [0.25, 0.3) is 11.5 Å². The average Bonchev–Trinajstić information content (AvgIpc) is 3.15. The number of aromatic amines is 1. The van der Waals surface area contributed by atoms with Crippen LogP contribution in [0.15, 0.2) is 10.7 Å². The minimum atomic E-state index is 0.357. The minimum absolute atomic E-state index is 0.357. The van der Waals surface area contributed by atoms with Gasteiger partial charge in [0.25, 0.3) is 5.89 Å². The Bertz CT molecular complexity index is 624. The lowest BCUT2D eigenvalue weighted by Crippen LogP contribution is -2.14. The first-order chi connectivity index (χ1) is 9.81. The molecule has 6 nitrogen and oxygen atoms in total. The number of nitrogens with zero attached hydrogens (tertiary/aromatic N) is 4. The van der Waals surface area contributed by atoms with E-state index in [9.17, 15) is 0 Å². The normalized spacial score (nSPS) is 22.6. The van der Waals surface area contributed by atoms with Crippen LogP contribution in [0.1, 0.15) is 56.5 Å². The molecule has 3 rings (SSSR count). The van der Waals surface area contributed by atoms with E-state index in [1.54, 1.807) is 6.20 Å². The molecule has 20 heavy (non-hydrogen) atoms. The summed E-state index contributed by atoms with van der Waals surface area (Å²) < 4.78 is 5.30. The van der Waals surface area contributed by atoms with Gasteiger partial charge in [-0.25, -0.2) is 0 Å². The molecule has 2 aromatic heterocycles. The Hall–Kier alpha value is -2.16. The third-order valence-corrected chi connectivity index (χ3v) is 4.15. The van der Waals surface area contributed by atoms with Crippen molar-refractivity contribution < 1.29 is 4.52 Å². The van der Waals surface area contributed by atoms with Crippen LogP contribution >= 0.6 is 0 Å². The first kappa shape index (κ1) is 12.9. The van der Waals surface area contributed by atoms with Crippen LogP contribution in [0.3, 0.4) is 0 Å². The molecule has 0 aliphatic heterocycles. The van der Waals surface area contributed by atoms with Crippen molar-refractivity contribution in [2.75, 3.05) is 0 Å². The van der Waals surface area contributed by atoms with E-state index in [1.165, 1.54) is 19.3 Å². The van der Waals surface area contributed by atoms with Crippen molar-refractivity contribution in [2.24, 2.45) is 5.92 Å². The summed E-state index contributed by atoms with van der Waals surface area (Å²) in [6.07, 6.45) is 7.53. The molecule has 0 spiro atoms. The van der Waals surface area contributed by atoms with Crippen LogP contribution in [-0.2, 0) is 0 Å². The summed E-state index contributed by atoms with van der Waals surface area (Å²) in [4.78, 5) is 4.46. The molecule has 0 radical (unpaired) electrons. The van der Waals surface area contributed by atoms with Gasteiger partial charge in [-0.05, 0) is 18.8 Å². The predicted molar refractivity (Wildman–Crippen MR) is 71.6 cm³/mol. The zero-order valence-electron chi connectivity index (χ0n) is 11.5. The Labute approximate surface area is 117 Å². The van der Waals surface area contributed by atoms with Crippen LogP contribution in [0.4, 0.5) is 0 Å². The highest BCUT2D eigenvalue weighted by atomic mass is 16.5. The summed E-state index contributed by atoms with van der Waals surface area (Å²) in [5, 5.41) is 19.5. The van der Waals surface area contributed by atoms with Gasteiger partial charge in [-0.2, -0.15) is 15.3 Å². The summed E-state index contributed by atoms with van der Waals surface area (Å²) in [6, 6.07) is 2.03. The molecule has 1 saturated carbocycles. The van der Waals surface area contributed by atoms with Crippen molar-refractivity contribution in [1.29, 1.82) is 5.26 Å². The molecule has 1 N–H and O–H groups in total. The maximum Gasteiger partial charge on any atom is 0.262 e. The summed E-state index contributed by atoms with van der Waals surface area (Å²) in [6.45, 7) is 2.24. The van der Waals surface area contributed by atoms with E-state index in [-0.39, 0.29) is 0 Å². The number of nitriles is 1. The molecule has 0 saturated heterocycles. The van der Waals surface area contributed by atoms with Gasteiger partial charge in [0.1, 0.15) is 11.8 Å². The van der Waals surface area contributed by atoms with Gasteiger partial charge in [-0.3, -0.25) is 5.10 Å². The third kappa shape index (κ3) is 2.31. The topological polar surface area (TPSA) is 91.4 Å². The molecule has 104 valence electrons. The number of aromatic nitrogens is 4. The van der Waals surface area contributed by atoms with Crippen LogP contribution in [-0.4, -0.2) is 20.3 Å². The Morgan fingerprint density at radius 2 is 2.40 bits per heavy atom. The van der Waals surface area contributed by atoms with E-state index in [1.807, 2.05) is 6.07 Å². The number of nitrogens with one attached hydrogen (secondary N) is 1. The molecule has 6 heteroatoms. The first-order valence-corrected chi connectivity index (χ1v) is 7.09. The van der Waals surface area contributed by atoms with Crippen molar-refractivity contribution in [1.82, 2.24) is 20.3 Å². The zero-order chi connectivity index (χ0) is 13.9. The van der Waals surface area contributed by atoms with E-state index in [0.29, 0.717) is 23.1 Å². The molecule has 0 bridgehead atoms. The second kappa shape index (κ2) is 5.45. The van der Waals surface area contributed by atoms with E-state index >= 15 is 0 Å². The molecule has 1 aliphatic rings. The Kier molecular flexibility index (Phi) is 3.50. The van der Waals surface area contributed by atoms with Crippen LogP contribution in [0.2, 0.25) is 0 Å². The number of H-pyrrole nitrogens is 1. The minimum Gasteiger partial charge on any atom is -0.334 e. The molecular weight excluding hydrogens is 254 g/mol. The summed E-state index contributed by atoms with van der Waals surface area (Å²) in [5.74, 6) is 2.29. The number of hydrogen-bond donors (Lipinski definition) is 1. The summed E-state index contributed by atoms with van der Waals surface area (Å²) in [5.41, 5.74) is 0.935. The maximum absolute atomic E-state index is 8.98. The van der Waals surface area contributed by atoms with Crippen molar-refractivity contribution in [3.05, 3.63) is 17.7 Å². The SMILES string of the molecule is CCC1CCCC(c2noc(-c3cn[nH]c3C#N)n2)C1. The lowest BCUT2D eigenvalue weighted by atomic mass is 9.80. The van der Waals surface area contributed by atoms with Gasteiger partial charge in [-0.15, -0.1) is 0 Å². The predicted octanol–water partition coefficient (Wildman–Crippen LogP) is 3.02. The summed E-state index contributed by atoms with van der Waals surface area (Å²) >= 11 is 0. The molecule has 2 unspecified atom stereocenters. The quantitative estimate of drug-likeness (QED) is 0.926. The van der Waals surface area contributed by atoms with E-state index < -0.39 is 0 Å². The summed E-state index contributed by atoms with van der Waals surface area (Å²) in [7, 11) is 0. The highest BCUT2D eigenvalue weighted by molar-refractivity contribution is 5.59. The highest BCUT2D eigenvalue weighted by Crippen LogP contribution is 2.36. The van der Waals surface area contributed by atoms with E-state index in [4.69, 9.17) is 9.78 Å². The molecule has 2 aromatic rings. The fraction of sp³-hybridized carbons (Fsp3) is 0.571. The number of hydrogen-bond acceptors (Lipinski definition) is 5. The molecule has 0 amide bonds. The van der Waals surface area contributed by atoms with Crippen molar-refractivity contribution >= 4 is 0 Å². The Morgan fingerprint density at radius 3 is 3.20 bits per heavy atom. The molecule has 1 aliphatic carbocycles. The van der Waals surface area contributed by atoms with E-state index in [2.05, 4.69) is 27.3 Å². The smallest absolute Gasteiger partial charge is 0.262 e. The number of rotatable bonds is 3. The first-order valence-electron chi connectivity index (χ1n) is 7.09. The van der Waals surface area contributed by atoms with Gasteiger partial charge < -0.3 is 4.52 Å². The van der Waals surface area contributed by atoms with Crippen molar-refractivity contribution in [3.63, 3.8) is 0 Å². The van der Waals surface area contributed by atoms with Gasteiger partial charge in [0, 0.05) is 5.92 Å². The van der Waals surface area contributed by atoms with Gasteiger partial charge in [0.15, 0.2) is 5.82 Å². The lowest BCUT2D eigenvalue weighted by molar-refractivity contribution is 0.300. The fourth-order valence-corrected chi connectivity index (χ4v) is 2.94. The van der Waals surface area contributed by atoms with Crippen LogP contribution in [0.5, 0.6) is 0 Å². The second-order valence-electron chi connectivity index (χ2n) is 5.37. The molecule has 2 heterocycles. The zero-order valence-corrected chi connectivity index (χ0v) is 11.5. The molecule has 2 atom stereocenters. The Morgan fingerprint density at radius 1 is 1.50 bits per heavy atom. The van der Waals surface area contributed by atoms with Gasteiger partial charge in [-0.1, -0.05) is 31.3 Å². The lowest BCUT2D eigenvalue weighted by Gasteiger charge is -2.26. The van der Waals surface area contributed by atoms with E-state index in [0.717, 1.165) is 24.6 Å². The second-order valence-corrected chi connectivity index (χ2v) is 5.37. The molecule has 1 fully saturated rings. The Balaban J connectivity index is 1.82. The standard InChI is InChI=1S/C14H17N5O/c1-2-9-4-3-5-10(6-9)13-17-14(20-19-13)11-8-16-18-12(11)7-15/h8-10H,2-6H2,1H3,(H,16,18). The maximum atomic E-state index is 8.98. The average molecular weight is 271 g/mol. The highest BCUT2D eigenvalue weighted by Gasteiger charge is 2.26. The van der Waals surface area contributed by atoms with Gasteiger partial charge in [0.05, 0.1) is 11.8 Å². The van der Waals surface area contributed by atoms with Crippen LogP contribution < -0.4 is 0 Å². The van der Waals surface area contributed by atoms with Crippen molar-refractivity contribution in [3.8, 4) is 17.5 Å². The molecular formula is C14H17N5O. The monoisotopic (exact) mass is 271 g/mol. The van der Waals surface area contributed by atoms with Crippen LogP contribution in [0, 0.1) is 17.2 Å². The fourth-order valence-electron chi connectivity index (χ4n) is 2.94. The largest absolute Gasteiger partial charge is 0.334 e. The van der Waals surface area contributed by atoms with Crippen molar-refractivity contribution in [2.45, 2.75) is 44.9 Å². The molecule has 0 aromatic carbocycles. The van der Waals surface area contributed by atoms with Gasteiger partial charge in [0.2, 0.25) is 0 Å².